The SMILES string of the molecule is FC1(F)CC(CBr)N=C1c1ccccc1. The van der Waals surface area contributed by atoms with E-state index >= 15 is 0 Å². The van der Waals surface area contributed by atoms with Crippen molar-refractivity contribution in [3.63, 3.8) is 0 Å². The number of rotatable bonds is 2. The molecular formula is C11H10BrF2N. The average molecular weight is 274 g/mol. The normalized spacial score (nSPS) is 23.9. The number of aliphatic imine (C=N–C) groups is 1. The van der Waals surface area contributed by atoms with Crippen molar-refractivity contribution in [3.8, 4) is 0 Å². The number of nitrogens with zero attached hydrogens (tertiary/aromatic N) is 1. The number of alkyl halides is 3. The Balaban J connectivity index is 2.36. The zero-order valence-electron chi connectivity index (χ0n) is 7.96. The Morgan fingerprint density at radius 2 is 2.00 bits per heavy atom. The predicted molar refractivity (Wildman–Crippen MR) is 60.1 cm³/mol. The average Bonchev–Trinajstić information content (AvgIpc) is 2.55. The molecule has 1 unspecified atom stereocenters. The van der Waals surface area contributed by atoms with E-state index in [2.05, 4.69) is 20.9 Å². The maximum atomic E-state index is 13.6. The van der Waals surface area contributed by atoms with Gasteiger partial charge < -0.3 is 0 Å². The lowest BCUT2D eigenvalue weighted by atomic mass is 10.0. The predicted octanol–water partition coefficient (Wildman–Crippen LogP) is 3.28. The van der Waals surface area contributed by atoms with E-state index in [0.717, 1.165) is 0 Å². The first-order valence-electron chi connectivity index (χ1n) is 4.71. The Labute approximate surface area is 95.3 Å². The molecule has 0 N–H and O–H groups in total. The molecule has 1 nitrogen and oxygen atoms in total. The molecule has 0 saturated carbocycles. The van der Waals surface area contributed by atoms with Crippen molar-refractivity contribution in [3.05, 3.63) is 35.9 Å². The minimum atomic E-state index is -2.79. The summed E-state index contributed by atoms with van der Waals surface area (Å²) in [4.78, 5) is 4.05. The molecular weight excluding hydrogens is 264 g/mol. The second-order valence-corrected chi connectivity index (χ2v) is 4.21. The number of hydrogen-bond donors (Lipinski definition) is 0. The zero-order valence-corrected chi connectivity index (χ0v) is 9.55. The van der Waals surface area contributed by atoms with Crippen molar-refractivity contribution in [2.24, 2.45) is 4.99 Å². The quantitative estimate of drug-likeness (QED) is 0.734. The number of halogens is 3. The van der Waals surface area contributed by atoms with Gasteiger partial charge in [0.25, 0.3) is 5.92 Å². The van der Waals surface area contributed by atoms with Crippen molar-refractivity contribution < 1.29 is 8.78 Å². The lowest BCUT2D eigenvalue weighted by Crippen LogP contribution is -2.25. The number of benzene rings is 1. The molecule has 4 heteroatoms. The number of hydrogen-bond acceptors (Lipinski definition) is 1. The lowest BCUT2D eigenvalue weighted by molar-refractivity contribution is 0.0753. The van der Waals surface area contributed by atoms with E-state index in [-0.39, 0.29) is 18.2 Å². The second-order valence-electron chi connectivity index (χ2n) is 3.56. The van der Waals surface area contributed by atoms with E-state index in [9.17, 15) is 8.78 Å². The highest BCUT2D eigenvalue weighted by Crippen LogP contribution is 2.34. The van der Waals surface area contributed by atoms with Gasteiger partial charge in [0.05, 0.1) is 6.04 Å². The van der Waals surface area contributed by atoms with E-state index < -0.39 is 5.92 Å². The Morgan fingerprint density at radius 3 is 2.53 bits per heavy atom. The van der Waals surface area contributed by atoms with Gasteiger partial charge in [0.1, 0.15) is 5.71 Å². The van der Waals surface area contributed by atoms with Crippen LogP contribution in [-0.2, 0) is 0 Å². The summed E-state index contributed by atoms with van der Waals surface area (Å²) in [5.74, 6) is -2.79. The zero-order chi connectivity index (χ0) is 10.9. The molecule has 2 rings (SSSR count). The van der Waals surface area contributed by atoms with E-state index in [1.807, 2.05) is 0 Å². The van der Waals surface area contributed by atoms with Gasteiger partial charge in [-0.25, -0.2) is 0 Å². The van der Waals surface area contributed by atoms with E-state index in [1.165, 1.54) is 0 Å². The van der Waals surface area contributed by atoms with Crippen molar-refractivity contribution in [1.82, 2.24) is 0 Å². The third-order valence-electron chi connectivity index (χ3n) is 2.38. The van der Waals surface area contributed by atoms with Gasteiger partial charge in [-0.15, -0.1) is 0 Å². The molecule has 0 fully saturated rings. The lowest BCUT2D eigenvalue weighted by Gasteiger charge is -2.11. The van der Waals surface area contributed by atoms with Crippen LogP contribution >= 0.6 is 15.9 Å². The summed E-state index contributed by atoms with van der Waals surface area (Å²) in [6.07, 6.45) is -0.192. The van der Waals surface area contributed by atoms with E-state index in [0.29, 0.717) is 10.9 Å². The molecule has 0 saturated heterocycles. The van der Waals surface area contributed by atoms with Gasteiger partial charge in [-0.05, 0) is 0 Å². The fourth-order valence-corrected chi connectivity index (χ4v) is 2.06. The van der Waals surface area contributed by atoms with E-state index in [1.54, 1.807) is 30.3 Å². The minimum Gasteiger partial charge on any atom is -0.278 e. The largest absolute Gasteiger partial charge is 0.291 e. The monoisotopic (exact) mass is 273 g/mol. The summed E-state index contributed by atoms with van der Waals surface area (Å²) in [5.41, 5.74) is 0.443. The third kappa shape index (κ3) is 2.09. The Kier molecular flexibility index (Phi) is 2.87. The summed E-state index contributed by atoms with van der Waals surface area (Å²) < 4.78 is 27.2. The summed E-state index contributed by atoms with van der Waals surface area (Å²) >= 11 is 3.19. The molecule has 0 spiro atoms. The summed E-state index contributed by atoms with van der Waals surface area (Å²) in [5, 5.41) is 0.485. The molecule has 0 radical (unpaired) electrons. The topological polar surface area (TPSA) is 12.4 Å². The first kappa shape index (κ1) is 10.7. The smallest absolute Gasteiger partial charge is 0.278 e. The Hall–Kier alpha value is -0.770. The van der Waals surface area contributed by atoms with E-state index in [4.69, 9.17) is 0 Å². The molecule has 0 amide bonds. The highest BCUT2D eigenvalue weighted by atomic mass is 79.9. The standard InChI is InChI=1S/C11H10BrF2N/c12-7-9-6-11(13,14)10(15-9)8-4-2-1-3-5-8/h1-5,9H,6-7H2. The van der Waals surface area contributed by atoms with Crippen LogP contribution in [0.5, 0.6) is 0 Å². The molecule has 0 bridgehead atoms. The van der Waals surface area contributed by atoms with Crippen LogP contribution in [0, 0.1) is 0 Å². The van der Waals surface area contributed by atoms with Crippen LogP contribution < -0.4 is 0 Å². The van der Waals surface area contributed by atoms with Gasteiger partial charge in [0, 0.05) is 17.3 Å². The molecule has 0 aliphatic carbocycles. The molecule has 80 valence electrons. The van der Waals surface area contributed by atoms with Crippen molar-refractivity contribution in [1.29, 1.82) is 0 Å². The molecule has 1 atom stereocenters. The van der Waals surface area contributed by atoms with Crippen LogP contribution in [-0.4, -0.2) is 23.0 Å². The fourth-order valence-electron chi connectivity index (χ4n) is 1.69. The summed E-state index contributed by atoms with van der Waals surface area (Å²) in [7, 11) is 0. The van der Waals surface area contributed by atoms with Crippen molar-refractivity contribution in [2.75, 3.05) is 5.33 Å². The first-order chi connectivity index (χ1) is 7.13. The Bertz CT molecular complexity index is 375. The highest BCUT2D eigenvalue weighted by molar-refractivity contribution is 9.09. The van der Waals surface area contributed by atoms with Gasteiger partial charge in [-0.2, -0.15) is 8.78 Å². The third-order valence-corrected chi connectivity index (χ3v) is 3.12. The van der Waals surface area contributed by atoms with Crippen LogP contribution in [0.3, 0.4) is 0 Å². The maximum absolute atomic E-state index is 13.6. The van der Waals surface area contributed by atoms with Gasteiger partial charge in [-0.1, -0.05) is 46.3 Å². The Morgan fingerprint density at radius 1 is 1.33 bits per heavy atom. The summed E-state index contributed by atoms with van der Waals surface area (Å²) in [6.45, 7) is 0. The maximum Gasteiger partial charge on any atom is 0.291 e. The van der Waals surface area contributed by atoms with Gasteiger partial charge in [-0.3, -0.25) is 4.99 Å². The minimum absolute atomic E-state index is 0.0763. The van der Waals surface area contributed by atoms with Crippen LogP contribution in [0.1, 0.15) is 12.0 Å². The first-order valence-corrected chi connectivity index (χ1v) is 5.83. The molecule has 1 heterocycles. The van der Waals surface area contributed by atoms with Crippen molar-refractivity contribution in [2.45, 2.75) is 18.4 Å². The van der Waals surface area contributed by atoms with Gasteiger partial charge in [0.2, 0.25) is 0 Å². The molecule has 1 aliphatic rings. The van der Waals surface area contributed by atoms with Crippen molar-refractivity contribution >= 4 is 21.6 Å². The molecule has 0 aromatic heterocycles. The van der Waals surface area contributed by atoms with Gasteiger partial charge in [0.15, 0.2) is 0 Å². The molecule has 1 aromatic rings. The summed E-state index contributed by atoms with van der Waals surface area (Å²) in [6, 6.07) is 8.33. The molecule has 15 heavy (non-hydrogen) atoms. The molecule has 1 aliphatic heterocycles. The molecule has 1 aromatic carbocycles. The van der Waals surface area contributed by atoms with Gasteiger partial charge >= 0.3 is 0 Å². The van der Waals surface area contributed by atoms with Crippen LogP contribution in [0.2, 0.25) is 0 Å². The van der Waals surface area contributed by atoms with Crippen LogP contribution in [0.15, 0.2) is 35.3 Å². The van der Waals surface area contributed by atoms with Crippen LogP contribution in [0.4, 0.5) is 8.78 Å². The highest BCUT2D eigenvalue weighted by Gasteiger charge is 2.44. The second kappa shape index (κ2) is 4.00. The fraction of sp³-hybridized carbons (Fsp3) is 0.364. The van der Waals surface area contributed by atoms with Crippen LogP contribution in [0.25, 0.3) is 0 Å².